The molecule has 0 saturated heterocycles. The highest BCUT2D eigenvalue weighted by Gasteiger charge is 2.23. The number of benzene rings is 1. The van der Waals surface area contributed by atoms with Crippen LogP contribution in [0.5, 0.6) is 11.5 Å². The highest BCUT2D eigenvalue weighted by molar-refractivity contribution is 5.80. The molecule has 104 valence electrons. The van der Waals surface area contributed by atoms with Crippen molar-refractivity contribution in [1.82, 2.24) is 5.32 Å². The number of nitrogens with one attached hydrogen (secondary N) is 1. The van der Waals surface area contributed by atoms with Crippen molar-refractivity contribution in [1.29, 1.82) is 0 Å². The van der Waals surface area contributed by atoms with Gasteiger partial charge in [0.15, 0.2) is 0 Å². The van der Waals surface area contributed by atoms with Crippen molar-refractivity contribution in [3.05, 3.63) is 23.8 Å². The van der Waals surface area contributed by atoms with Crippen molar-refractivity contribution in [2.45, 2.75) is 25.5 Å². The Kier molecular flexibility index (Phi) is 4.27. The van der Waals surface area contributed by atoms with Gasteiger partial charge in [-0.05, 0) is 25.0 Å². The summed E-state index contributed by atoms with van der Waals surface area (Å²) in [7, 11) is 3.14. The van der Waals surface area contributed by atoms with Gasteiger partial charge in [0.25, 0.3) is 0 Å². The van der Waals surface area contributed by atoms with E-state index in [0.29, 0.717) is 6.61 Å². The molecule has 1 N–H and O–H groups in total. The van der Waals surface area contributed by atoms with Crippen molar-refractivity contribution in [3.8, 4) is 11.5 Å². The first-order valence-corrected chi connectivity index (χ1v) is 6.27. The summed E-state index contributed by atoms with van der Waals surface area (Å²) in [5.41, 5.74) is 1.07. The van der Waals surface area contributed by atoms with Crippen LogP contribution in [0, 0.1) is 0 Å². The highest BCUT2D eigenvalue weighted by atomic mass is 16.5. The maximum absolute atomic E-state index is 11.7. The summed E-state index contributed by atoms with van der Waals surface area (Å²) in [6.45, 7) is 2.18. The number of hydrogen-bond donors (Lipinski definition) is 1. The van der Waals surface area contributed by atoms with Crippen LogP contribution < -0.4 is 14.8 Å². The third-order valence-corrected chi connectivity index (χ3v) is 3.25. The molecule has 2 atom stereocenters. The van der Waals surface area contributed by atoms with Crippen LogP contribution in [0.4, 0.5) is 0 Å². The van der Waals surface area contributed by atoms with Crippen molar-refractivity contribution in [2.75, 3.05) is 20.8 Å². The quantitative estimate of drug-likeness (QED) is 0.887. The fourth-order valence-electron chi connectivity index (χ4n) is 2.00. The molecule has 0 spiro atoms. The van der Waals surface area contributed by atoms with Crippen molar-refractivity contribution in [3.63, 3.8) is 0 Å². The zero-order chi connectivity index (χ0) is 13.8. The molecule has 1 aromatic rings. The molecule has 1 heterocycles. The molecule has 1 aliphatic rings. The molecule has 1 aliphatic heterocycles. The van der Waals surface area contributed by atoms with E-state index >= 15 is 0 Å². The zero-order valence-electron chi connectivity index (χ0n) is 11.4. The van der Waals surface area contributed by atoms with Crippen LogP contribution in [0.2, 0.25) is 0 Å². The molecule has 1 aromatic carbocycles. The van der Waals surface area contributed by atoms with Gasteiger partial charge >= 0.3 is 0 Å². The molecule has 5 nitrogen and oxygen atoms in total. The Labute approximate surface area is 112 Å². The van der Waals surface area contributed by atoms with Crippen LogP contribution >= 0.6 is 0 Å². The molecule has 19 heavy (non-hydrogen) atoms. The first-order valence-electron chi connectivity index (χ1n) is 6.27. The number of hydrogen-bond acceptors (Lipinski definition) is 4. The number of methoxy groups -OCH3 is 2. The second kappa shape index (κ2) is 5.93. The van der Waals surface area contributed by atoms with Crippen LogP contribution in [0.15, 0.2) is 18.2 Å². The number of ether oxygens (including phenoxy) is 3. The molecular formula is C14H19NO4. The van der Waals surface area contributed by atoms with Crippen LogP contribution in [-0.4, -0.2) is 38.9 Å². The SMILES string of the molecule is COc1ccc2c(c1)OCC(NC(=O)C(C)OC)C2. The van der Waals surface area contributed by atoms with Gasteiger partial charge in [-0.1, -0.05) is 6.07 Å². The van der Waals surface area contributed by atoms with Gasteiger partial charge in [0, 0.05) is 13.2 Å². The monoisotopic (exact) mass is 265 g/mol. The molecule has 0 bridgehead atoms. The zero-order valence-corrected chi connectivity index (χ0v) is 11.4. The van der Waals surface area contributed by atoms with Crippen LogP contribution in [0.1, 0.15) is 12.5 Å². The molecule has 0 aliphatic carbocycles. The maximum Gasteiger partial charge on any atom is 0.249 e. The fourth-order valence-corrected chi connectivity index (χ4v) is 2.00. The third kappa shape index (κ3) is 3.17. The topological polar surface area (TPSA) is 56.8 Å². The minimum atomic E-state index is -0.447. The van der Waals surface area contributed by atoms with E-state index in [0.717, 1.165) is 23.5 Å². The predicted molar refractivity (Wildman–Crippen MR) is 70.6 cm³/mol. The van der Waals surface area contributed by atoms with E-state index in [1.165, 1.54) is 7.11 Å². The Balaban J connectivity index is 2.00. The van der Waals surface area contributed by atoms with Gasteiger partial charge in [-0.25, -0.2) is 0 Å². The number of amides is 1. The summed E-state index contributed by atoms with van der Waals surface area (Å²) in [5.74, 6) is 1.48. The van der Waals surface area contributed by atoms with Gasteiger partial charge in [-0.2, -0.15) is 0 Å². The van der Waals surface area contributed by atoms with E-state index in [1.54, 1.807) is 14.0 Å². The summed E-state index contributed by atoms with van der Waals surface area (Å²) >= 11 is 0. The molecule has 0 radical (unpaired) electrons. The van der Waals surface area contributed by atoms with Crippen LogP contribution in [-0.2, 0) is 16.0 Å². The molecule has 0 aromatic heterocycles. The minimum Gasteiger partial charge on any atom is -0.497 e. The van der Waals surface area contributed by atoms with Crippen molar-refractivity contribution >= 4 is 5.91 Å². The van der Waals surface area contributed by atoms with E-state index in [9.17, 15) is 4.79 Å². The fraction of sp³-hybridized carbons (Fsp3) is 0.500. The Morgan fingerprint density at radius 3 is 2.95 bits per heavy atom. The molecule has 0 fully saturated rings. The highest BCUT2D eigenvalue weighted by Crippen LogP contribution is 2.29. The summed E-state index contributed by atoms with van der Waals surface area (Å²) in [6.07, 6.45) is 0.305. The summed E-state index contributed by atoms with van der Waals surface area (Å²) < 4.78 is 15.8. The average Bonchev–Trinajstić information content (AvgIpc) is 2.45. The Morgan fingerprint density at radius 1 is 1.47 bits per heavy atom. The van der Waals surface area contributed by atoms with Gasteiger partial charge in [-0.3, -0.25) is 4.79 Å². The summed E-state index contributed by atoms with van der Waals surface area (Å²) in [6, 6.07) is 5.70. The number of fused-ring (bicyclic) bond motifs is 1. The average molecular weight is 265 g/mol. The number of rotatable bonds is 4. The first-order chi connectivity index (χ1) is 9.13. The van der Waals surface area contributed by atoms with E-state index < -0.39 is 6.10 Å². The van der Waals surface area contributed by atoms with Crippen LogP contribution in [0.3, 0.4) is 0 Å². The van der Waals surface area contributed by atoms with Crippen molar-refractivity contribution < 1.29 is 19.0 Å². The molecule has 2 unspecified atom stereocenters. The molecular weight excluding hydrogens is 246 g/mol. The van der Waals surface area contributed by atoms with Crippen LogP contribution in [0.25, 0.3) is 0 Å². The van der Waals surface area contributed by atoms with E-state index in [2.05, 4.69) is 5.32 Å². The smallest absolute Gasteiger partial charge is 0.249 e. The summed E-state index contributed by atoms with van der Waals surface area (Å²) in [4.78, 5) is 11.7. The second-order valence-electron chi connectivity index (χ2n) is 4.57. The largest absolute Gasteiger partial charge is 0.497 e. The lowest BCUT2D eigenvalue weighted by Crippen LogP contribution is -2.46. The predicted octanol–water partition coefficient (Wildman–Crippen LogP) is 1.15. The van der Waals surface area contributed by atoms with Gasteiger partial charge in [-0.15, -0.1) is 0 Å². The lowest BCUT2D eigenvalue weighted by molar-refractivity contribution is -0.131. The lowest BCUT2D eigenvalue weighted by Gasteiger charge is -2.27. The first kappa shape index (κ1) is 13.7. The van der Waals surface area contributed by atoms with E-state index in [-0.39, 0.29) is 11.9 Å². The third-order valence-electron chi connectivity index (χ3n) is 3.25. The molecule has 5 heteroatoms. The number of carbonyl (C=O) groups excluding carboxylic acids is 1. The normalized spacial score (nSPS) is 19.0. The van der Waals surface area contributed by atoms with Gasteiger partial charge in [0.05, 0.1) is 13.2 Å². The molecule has 2 rings (SSSR count). The van der Waals surface area contributed by atoms with Gasteiger partial charge in [0.1, 0.15) is 24.2 Å². The maximum atomic E-state index is 11.7. The second-order valence-corrected chi connectivity index (χ2v) is 4.57. The molecule has 0 saturated carbocycles. The van der Waals surface area contributed by atoms with Crippen molar-refractivity contribution in [2.24, 2.45) is 0 Å². The Hall–Kier alpha value is -1.75. The van der Waals surface area contributed by atoms with Gasteiger partial charge < -0.3 is 19.5 Å². The van der Waals surface area contributed by atoms with E-state index in [1.807, 2.05) is 18.2 Å². The lowest BCUT2D eigenvalue weighted by atomic mass is 10.0. The number of carbonyl (C=O) groups is 1. The van der Waals surface area contributed by atoms with E-state index in [4.69, 9.17) is 14.2 Å². The molecule has 1 amide bonds. The minimum absolute atomic E-state index is 0.0222. The summed E-state index contributed by atoms with van der Waals surface area (Å²) in [5, 5.41) is 2.92. The standard InChI is InChI=1S/C14H19NO4/c1-9(17-2)14(16)15-11-6-10-4-5-12(18-3)7-13(10)19-8-11/h4-5,7,9,11H,6,8H2,1-3H3,(H,15,16). The Morgan fingerprint density at radius 2 is 2.26 bits per heavy atom. The van der Waals surface area contributed by atoms with Gasteiger partial charge in [0.2, 0.25) is 5.91 Å². The Bertz CT molecular complexity index is 461.